The van der Waals surface area contributed by atoms with Crippen molar-refractivity contribution in [2.45, 2.75) is 13.0 Å². The van der Waals surface area contributed by atoms with Gasteiger partial charge in [-0.3, -0.25) is 9.80 Å². The van der Waals surface area contributed by atoms with E-state index in [2.05, 4.69) is 19.4 Å². The predicted molar refractivity (Wildman–Crippen MR) is 66.6 cm³/mol. The topological polar surface area (TPSA) is 44.5 Å². The number of aliphatic hydroxyl groups is 1. The van der Waals surface area contributed by atoms with Crippen LogP contribution in [0.15, 0.2) is 12.4 Å². The minimum absolute atomic E-state index is 0.263. The molecule has 2 rings (SSSR count). The summed E-state index contributed by atoms with van der Waals surface area (Å²) in [4.78, 5) is 9.14. The second-order valence-corrected chi connectivity index (χ2v) is 4.65. The lowest BCUT2D eigenvalue weighted by Crippen LogP contribution is -2.32. The maximum atomic E-state index is 8.95. The van der Waals surface area contributed by atoms with Crippen LogP contribution in [0, 0.1) is 0 Å². The molecule has 5 nitrogen and oxygen atoms in total. The highest BCUT2D eigenvalue weighted by atomic mass is 16.3. The number of imidazole rings is 1. The van der Waals surface area contributed by atoms with Crippen LogP contribution in [0.25, 0.3) is 0 Å². The number of hydrogen-bond donors (Lipinski definition) is 1. The van der Waals surface area contributed by atoms with E-state index in [0.29, 0.717) is 0 Å². The molecular formula is C12H22N4O. The fourth-order valence-electron chi connectivity index (χ4n) is 2.30. The monoisotopic (exact) mass is 238 g/mol. The first-order valence-electron chi connectivity index (χ1n) is 6.31. The zero-order valence-corrected chi connectivity index (χ0v) is 10.5. The molecule has 1 fully saturated rings. The van der Waals surface area contributed by atoms with Crippen LogP contribution in [0.5, 0.6) is 0 Å². The predicted octanol–water partition coefficient (Wildman–Crippen LogP) is -0.0799. The van der Waals surface area contributed by atoms with Gasteiger partial charge >= 0.3 is 0 Å². The maximum Gasteiger partial charge on any atom is 0.122 e. The normalized spacial score (nSPS) is 19.4. The summed E-state index contributed by atoms with van der Waals surface area (Å²) >= 11 is 0. The van der Waals surface area contributed by atoms with E-state index >= 15 is 0 Å². The standard InChI is InChI=1S/C12H22N4O/c1-14-6-3-13-12(14)11-16-5-2-4-15(7-8-16)9-10-17/h3,6,17H,2,4-5,7-11H2,1H3. The van der Waals surface area contributed by atoms with Gasteiger partial charge in [0.05, 0.1) is 13.2 Å². The minimum atomic E-state index is 0.263. The Labute approximate surface area is 103 Å². The molecule has 1 aliphatic rings. The van der Waals surface area contributed by atoms with Crippen LogP contribution in [-0.4, -0.2) is 63.8 Å². The highest BCUT2D eigenvalue weighted by molar-refractivity contribution is 4.91. The van der Waals surface area contributed by atoms with E-state index in [1.807, 2.05) is 19.4 Å². The second kappa shape index (κ2) is 6.14. The molecule has 0 radical (unpaired) electrons. The molecule has 17 heavy (non-hydrogen) atoms. The number of hydrogen-bond acceptors (Lipinski definition) is 4. The van der Waals surface area contributed by atoms with Crippen LogP contribution in [0.3, 0.4) is 0 Å². The average molecular weight is 238 g/mol. The summed E-state index contributed by atoms with van der Waals surface area (Å²) in [5.74, 6) is 1.13. The third kappa shape index (κ3) is 3.52. The van der Waals surface area contributed by atoms with Gasteiger partial charge in [-0.05, 0) is 19.5 Å². The first kappa shape index (κ1) is 12.5. The van der Waals surface area contributed by atoms with Crippen molar-refractivity contribution < 1.29 is 5.11 Å². The number of aryl methyl sites for hydroxylation is 1. The lowest BCUT2D eigenvalue weighted by atomic mass is 10.3. The molecule has 5 heteroatoms. The molecular weight excluding hydrogens is 216 g/mol. The summed E-state index contributed by atoms with van der Waals surface area (Å²) in [7, 11) is 2.04. The lowest BCUT2D eigenvalue weighted by Gasteiger charge is -2.20. The van der Waals surface area contributed by atoms with Crippen molar-refractivity contribution in [1.82, 2.24) is 19.4 Å². The Morgan fingerprint density at radius 3 is 2.71 bits per heavy atom. The van der Waals surface area contributed by atoms with Gasteiger partial charge in [0.1, 0.15) is 5.82 Å². The first-order valence-corrected chi connectivity index (χ1v) is 6.31. The largest absolute Gasteiger partial charge is 0.395 e. The number of nitrogens with zero attached hydrogens (tertiary/aromatic N) is 4. The first-order chi connectivity index (χ1) is 8.29. The fraction of sp³-hybridized carbons (Fsp3) is 0.750. The number of aromatic nitrogens is 2. The lowest BCUT2D eigenvalue weighted by molar-refractivity contribution is 0.195. The van der Waals surface area contributed by atoms with Gasteiger partial charge < -0.3 is 9.67 Å². The molecule has 1 aromatic heterocycles. The number of aliphatic hydroxyl groups excluding tert-OH is 1. The number of β-amino-alcohol motifs (C(OH)–C–C–N with tert-alkyl or cyclic N) is 1. The SMILES string of the molecule is Cn1ccnc1CN1CCCN(CCO)CC1. The Hall–Kier alpha value is -0.910. The molecule has 1 aliphatic heterocycles. The molecule has 2 heterocycles. The zero-order chi connectivity index (χ0) is 12.1. The van der Waals surface area contributed by atoms with E-state index in [0.717, 1.165) is 45.1 Å². The van der Waals surface area contributed by atoms with Crippen molar-refractivity contribution in [3.05, 3.63) is 18.2 Å². The van der Waals surface area contributed by atoms with Crippen LogP contribution < -0.4 is 0 Å². The van der Waals surface area contributed by atoms with Gasteiger partial charge in [-0.1, -0.05) is 0 Å². The van der Waals surface area contributed by atoms with E-state index in [9.17, 15) is 0 Å². The smallest absolute Gasteiger partial charge is 0.122 e. The van der Waals surface area contributed by atoms with E-state index < -0.39 is 0 Å². The van der Waals surface area contributed by atoms with Gasteiger partial charge in [-0.2, -0.15) is 0 Å². The van der Waals surface area contributed by atoms with Crippen molar-refractivity contribution in [2.24, 2.45) is 7.05 Å². The third-order valence-electron chi connectivity index (χ3n) is 3.38. The summed E-state index contributed by atoms with van der Waals surface area (Å²) in [5, 5.41) is 8.95. The Bertz CT molecular complexity index is 339. The summed E-state index contributed by atoms with van der Waals surface area (Å²) in [6, 6.07) is 0. The highest BCUT2D eigenvalue weighted by Gasteiger charge is 2.15. The Morgan fingerprint density at radius 2 is 2.00 bits per heavy atom. The molecule has 0 aromatic carbocycles. The van der Waals surface area contributed by atoms with Crippen LogP contribution in [0.2, 0.25) is 0 Å². The summed E-state index contributed by atoms with van der Waals surface area (Å²) in [6.07, 6.45) is 5.01. The zero-order valence-electron chi connectivity index (χ0n) is 10.5. The molecule has 0 spiro atoms. The summed E-state index contributed by atoms with van der Waals surface area (Å²) in [5.41, 5.74) is 0. The summed E-state index contributed by atoms with van der Waals surface area (Å²) in [6.45, 7) is 6.32. The second-order valence-electron chi connectivity index (χ2n) is 4.65. The molecule has 0 atom stereocenters. The van der Waals surface area contributed by atoms with E-state index in [-0.39, 0.29) is 6.61 Å². The Balaban J connectivity index is 1.85. The summed E-state index contributed by atoms with van der Waals surface area (Å²) < 4.78 is 2.08. The van der Waals surface area contributed by atoms with Crippen molar-refractivity contribution in [3.63, 3.8) is 0 Å². The van der Waals surface area contributed by atoms with E-state index in [4.69, 9.17) is 5.11 Å². The van der Waals surface area contributed by atoms with E-state index in [1.165, 1.54) is 6.42 Å². The van der Waals surface area contributed by atoms with Crippen LogP contribution >= 0.6 is 0 Å². The number of rotatable bonds is 4. The molecule has 96 valence electrons. The molecule has 1 N–H and O–H groups in total. The molecule has 0 saturated carbocycles. The van der Waals surface area contributed by atoms with Crippen molar-refractivity contribution in [1.29, 1.82) is 0 Å². The van der Waals surface area contributed by atoms with Gasteiger partial charge in [-0.25, -0.2) is 4.98 Å². The Morgan fingerprint density at radius 1 is 1.24 bits per heavy atom. The molecule has 0 amide bonds. The maximum absolute atomic E-state index is 8.95. The Kier molecular flexibility index (Phi) is 4.53. The van der Waals surface area contributed by atoms with Gasteiger partial charge in [0.25, 0.3) is 0 Å². The third-order valence-corrected chi connectivity index (χ3v) is 3.38. The molecule has 0 unspecified atom stereocenters. The van der Waals surface area contributed by atoms with E-state index in [1.54, 1.807) is 0 Å². The van der Waals surface area contributed by atoms with Crippen LogP contribution in [0.1, 0.15) is 12.2 Å². The van der Waals surface area contributed by atoms with Crippen LogP contribution in [0.4, 0.5) is 0 Å². The van der Waals surface area contributed by atoms with Gasteiger partial charge in [0.15, 0.2) is 0 Å². The van der Waals surface area contributed by atoms with Crippen LogP contribution in [-0.2, 0) is 13.6 Å². The van der Waals surface area contributed by atoms with Crippen molar-refractivity contribution >= 4 is 0 Å². The molecule has 0 aliphatic carbocycles. The molecule has 0 bridgehead atoms. The minimum Gasteiger partial charge on any atom is -0.395 e. The highest BCUT2D eigenvalue weighted by Crippen LogP contribution is 2.07. The average Bonchev–Trinajstić information content (AvgIpc) is 2.59. The molecule has 1 saturated heterocycles. The van der Waals surface area contributed by atoms with Gasteiger partial charge in [0, 0.05) is 39.1 Å². The van der Waals surface area contributed by atoms with Gasteiger partial charge in [0.2, 0.25) is 0 Å². The van der Waals surface area contributed by atoms with Gasteiger partial charge in [-0.15, -0.1) is 0 Å². The molecule has 1 aromatic rings. The van der Waals surface area contributed by atoms with Crippen molar-refractivity contribution in [3.8, 4) is 0 Å². The fourth-order valence-corrected chi connectivity index (χ4v) is 2.30. The van der Waals surface area contributed by atoms with Crippen molar-refractivity contribution in [2.75, 3.05) is 39.3 Å². The quantitative estimate of drug-likeness (QED) is 0.797.